The van der Waals surface area contributed by atoms with Crippen LogP contribution in [0.2, 0.25) is 0 Å². The molecule has 2 aromatic heterocycles. The molecule has 2 heterocycles. The monoisotopic (exact) mass is 378 g/mol. The number of benzene rings is 2. The van der Waals surface area contributed by atoms with Gasteiger partial charge in [-0.15, -0.1) is 0 Å². The van der Waals surface area contributed by atoms with Crippen molar-refractivity contribution >= 4 is 17.3 Å². The Hall–Kier alpha value is -4.24. The second kappa shape index (κ2) is 8.63. The molecule has 0 aliphatic carbocycles. The van der Waals surface area contributed by atoms with Gasteiger partial charge in [-0.3, -0.25) is 4.98 Å². The fraction of sp³-hybridized carbons (Fsp3) is 0.0435. The van der Waals surface area contributed by atoms with Crippen LogP contribution in [0.3, 0.4) is 0 Å². The number of para-hydroxylation sites is 1. The Morgan fingerprint density at radius 2 is 1.66 bits per heavy atom. The summed E-state index contributed by atoms with van der Waals surface area (Å²) in [4.78, 5) is 13.4. The van der Waals surface area contributed by atoms with Gasteiger partial charge in [0.05, 0.1) is 11.3 Å². The molecule has 0 aliphatic heterocycles. The first-order valence-electron chi connectivity index (χ1n) is 9.15. The van der Waals surface area contributed by atoms with Crippen LogP contribution in [0, 0.1) is 11.3 Å². The topological polar surface area (TPSA) is 86.5 Å². The molecule has 0 unspecified atom stereocenters. The molecule has 0 bridgehead atoms. The van der Waals surface area contributed by atoms with Gasteiger partial charge in [0.25, 0.3) is 0 Å². The predicted octanol–water partition coefficient (Wildman–Crippen LogP) is 4.77. The summed E-state index contributed by atoms with van der Waals surface area (Å²) in [5.74, 6) is 1.88. The molecule has 6 heteroatoms. The maximum atomic E-state index is 9.35. The van der Waals surface area contributed by atoms with Crippen LogP contribution in [0.1, 0.15) is 11.1 Å². The van der Waals surface area contributed by atoms with Gasteiger partial charge in [0, 0.05) is 30.6 Å². The van der Waals surface area contributed by atoms with E-state index in [9.17, 15) is 5.26 Å². The summed E-state index contributed by atoms with van der Waals surface area (Å²) in [6, 6.07) is 25.0. The maximum absolute atomic E-state index is 9.35. The molecule has 4 aromatic rings. The summed E-state index contributed by atoms with van der Waals surface area (Å²) in [6.07, 6.45) is 3.56. The van der Waals surface area contributed by atoms with Crippen LogP contribution >= 0.6 is 0 Å². The highest BCUT2D eigenvalue weighted by Gasteiger charge is 2.09. The molecular weight excluding hydrogens is 360 g/mol. The van der Waals surface area contributed by atoms with Crippen molar-refractivity contribution in [3.05, 3.63) is 96.3 Å². The highest BCUT2D eigenvalue weighted by molar-refractivity contribution is 5.68. The minimum atomic E-state index is 0.553. The summed E-state index contributed by atoms with van der Waals surface area (Å²) < 4.78 is 0. The molecule has 140 valence electrons. The Morgan fingerprint density at radius 1 is 0.862 bits per heavy atom. The summed E-state index contributed by atoms with van der Waals surface area (Å²) in [7, 11) is 0. The zero-order chi connectivity index (χ0) is 19.9. The summed E-state index contributed by atoms with van der Waals surface area (Å²) in [5.41, 5.74) is 3.22. The van der Waals surface area contributed by atoms with Crippen LogP contribution in [0.25, 0.3) is 11.4 Å². The van der Waals surface area contributed by atoms with Crippen molar-refractivity contribution in [3.8, 4) is 17.5 Å². The van der Waals surface area contributed by atoms with Crippen LogP contribution in [-0.2, 0) is 6.54 Å². The van der Waals surface area contributed by atoms with Crippen LogP contribution < -0.4 is 10.6 Å². The van der Waals surface area contributed by atoms with Crippen molar-refractivity contribution in [1.29, 1.82) is 5.26 Å². The van der Waals surface area contributed by atoms with Crippen molar-refractivity contribution in [2.24, 2.45) is 0 Å². The van der Waals surface area contributed by atoms with Crippen LogP contribution in [0.5, 0.6) is 0 Å². The van der Waals surface area contributed by atoms with Gasteiger partial charge in [0.2, 0.25) is 0 Å². The van der Waals surface area contributed by atoms with Crippen LogP contribution in [-0.4, -0.2) is 15.0 Å². The summed E-state index contributed by atoms with van der Waals surface area (Å²) >= 11 is 0. The molecule has 0 atom stereocenters. The lowest BCUT2D eigenvalue weighted by Gasteiger charge is -2.12. The van der Waals surface area contributed by atoms with E-state index in [1.165, 1.54) is 0 Å². The third kappa shape index (κ3) is 4.54. The van der Waals surface area contributed by atoms with E-state index in [1.54, 1.807) is 12.3 Å². The van der Waals surface area contributed by atoms with E-state index < -0.39 is 0 Å². The van der Waals surface area contributed by atoms with E-state index in [4.69, 9.17) is 0 Å². The number of hydrogen-bond acceptors (Lipinski definition) is 6. The van der Waals surface area contributed by atoms with E-state index >= 15 is 0 Å². The molecule has 0 fully saturated rings. The third-order valence-electron chi connectivity index (χ3n) is 4.26. The van der Waals surface area contributed by atoms with Gasteiger partial charge >= 0.3 is 0 Å². The number of aromatic nitrogens is 3. The van der Waals surface area contributed by atoms with Crippen molar-refractivity contribution in [3.63, 3.8) is 0 Å². The first kappa shape index (κ1) is 18.1. The zero-order valence-corrected chi connectivity index (χ0v) is 15.6. The molecule has 2 N–H and O–H groups in total. The number of nitrogens with one attached hydrogen (secondary N) is 2. The molecule has 0 aliphatic rings. The second-order valence-corrected chi connectivity index (χ2v) is 6.33. The number of nitrogens with zero attached hydrogens (tertiary/aromatic N) is 4. The Labute approximate surface area is 168 Å². The van der Waals surface area contributed by atoms with Crippen LogP contribution in [0.15, 0.2) is 85.2 Å². The smallest absolute Gasteiger partial charge is 0.163 e. The lowest BCUT2D eigenvalue weighted by Crippen LogP contribution is -2.05. The molecule has 6 nitrogen and oxygen atoms in total. The first-order valence-corrected chi connectivity index (χ1v) is 9.15. The van der Waals surface area contributed by atoms with Gasteiger partial charge < -0.3 is 10.6 Å². The van der Waals surface area contributed by atoms with Gasteiger partial charge in [-0.25, -0.2) is 9.97 Å². The second-order valence-electron chi connectivity index (χ2n) is 6.33. The third-order valence-corrected chi connectivity index (χ3v) is 4.26. The molecule has 0 saturated heterocycles. The van der Waals surface area contributed by atoms with E-state index in [0.29, 0.717) is 35.3 Å². The molecule has 0 amide bonds. The molecule has 29 heavy (non-hydrogen) atoms. The lowest BCUT2D eigenvalue weighted by molar-refractivity contribution is 1.07. The average Bonchev–Trinajstić information content (AvgIpc) is 2.79. The van der Waals surface area contributed by atoms with E-state index in [1.807, 2.05) is 72.9 Å². The standard InChI is InChI=1S/C23H18N6/c24-14-19-10-4-5-11-20(19)27-22-13-21(26-16-17-7-6-12-25-15-17)28-23(29-22)18-8-2-1-3-9-18/h1-13,15H,16H2,(H2,26,27,28,29). The Balaban J connectivity index is 1.67. The fourth-order valence-electron chi connectivity index (χ4n) is 2.84. The average molecular weight is 378 g/mol. The van der Waals surface area contributed by atoms with Crippen molar-refractivity contribution < 1.29 is 0 Å². The zero-order valence-electron chi connectivity index (χ0n) is 15.6. The van der Waals surface area contributed by atoms with E-state index in [-0.39, 0.29) is 0 Å². The molecule has 0 saturated carbocycles. The largest absolute Gasteiger partial charge is 0.366 e. The number of anilines is 3. The van der Waals surface area contributed by atoms with Gasteiger partial charge in [0.15, 0.2) is 5.82 Å². The van der Waals surface area contributed by atoms with Gasteiger partial charge in [0.1, 0.15) is 17.7 Å². The van der Waals surface area contributed by atoms with Gasteiger partial charge in [-0.2, -0.15) is 5.26 Å². The normalized spacial score (nSPS) is 10.2. The Morgan fingerprint density at radius 3 is 2.45 bits per heavy atom. The maximum Gasteiger partial charge on any atom is 0.163 e. The number of rotatable bonds is 6. The molecule has 2 aromatic carbocycles. The van der Waals surface area contributed by atoms with E-state index in [0.717, 1.165) is 11.1 Å². The number of pyridine rings is 1. The van der Waals surface area contributed by atoms with Gasteiger partial charge in [-0.05, 0) is 23.8 Å². The first-order chi connectivity index (χ1) is 14.3. The minimum absolute atomic E-state index is 0.553. The quantitative estimate of drug-likeness (QED) is 0.503. The fourth-order valence-corrected chi connectivity index (χ4v) is 2.84. The summed E-state index contributed by atoms with van der Waals surface area (Å²) in [6.45, 7) is 0.591. The highest BCUT2D eigenvalue weighted by atomic mass is 15.1. The lowest BCUT2D eigenvalue weighted by atomic mass is 10.2. The SMILES string of the molecule is N#Cc1ccccc1Nc1cc(NCc2cccnc2)nc(-c2ccccc2)n1. The Kier molecular flexibility index (Phi) is 5.40. The minimum Gasteiger partial charge on any atom is -0.366 e. The number of hydrogen-bond donors (Lipinski definition) is 2. The predicted molar refractivity (Wildman–Crippen MR) is 113 cm³/mol. The summed E-state index contributed by atoms with van der Waals surface area (Å²) in [5, 5.41) is 15.9. The van der Waals surface area contributed by atoms with Crippen LogP contribution in [0.4, 0.5) is 17.3 Å². The molecule has 0 radical (unpaired) electrons. The number of nitriles is 1. The molecular formula is C23H18N6. The Bertz CT molecular complexity index is 1140. The highest BCUT2D eigenvalue weighted by Crippen LogP contribution is 2.24. The van der Waals surface area contributed by atoms with E-state index in [2.05, 4.69) is 31.7 Å². The molecule has 0 spiro atoms. The van der Waals surface area contributed by atoms with Gasteiger partial charge in [-0.1, -0.05) is 48.5 Å². The van der Waals surface area contributed by atoms with Crippen molar-refractivity contribution in [2.75, 3.05) is 10.6 Å². The molecule has 4 rings (SSSR count). The van der Waals surface area contributed by atoms with Crippen molar-refractivity contribution in [2.45, 2.75) is 6.54 Å². The van der Waals surface area contributed by atoms with Crippen molar-refractivity contribution in [1.82, 2.24) is 15.0 Å².